The molecule has 78 valence electrons. The molecule has 0 aromatic carbocycles. The van der Waals surface area contributed by atoms with Crippen molar-refractivity contribution in [1.29, 1.82) is 0 Å². The zero-order chi connectivity index (χ0) is 11.0. The second kappa shape index (κ2) is 3.19. The predicted molar refractivity (Wildman–Crippen MR) is 48.7 cm³/mol. The minimum atomic E-state index is -0.679. The molecule has 7 heteroatoms. The number of hydrogen-bond donors (Lipinski definition) is 1. The average Bonchev–Trinajstić information content (AvgIpc) is 2.58. The number of aromatic nitrogens is 3. The number of rotatable bonds is 1. The number of pyridine rings is 1. The molecule has 2 N–H and O–H groups in total. The quantitative estimate of drug-likeness (QED) is 0.681. The monoisotopic (exact) mass is 210 g/mol. The molecule has 0 fully saturated rings. The van der Waals surface area contributed by atoms with Crippen molar-refractivity contribution in [2.75, 3.05) is 12.8 Å². The van der Waals surface area contributed by atoms with E-state index >= 15 is 0 Å². The van der Waals surface area contributed by atoms with Gasteiger partial charge < -0.3 is 10.5 Å². The Morgan fingerprint density at radius 3 is 3.07 bits per heavy atom. The molecule has 0 aliphatic rings. The molecule has 0 aliphatic carbocycles. The van der Waals surface area contributed by atoms with Gasteiger partial charge in [0, 0.05) is 6.20 Å². The van der Waals surface area contributed by atoms with Gasteiger partial charge >= 0.3 is 5.97 Å². The van der Waals surface area contributed by atoms with Crippen LogP contribution in [0, 0.1) is 5.82 Å². The summed E-state index contributed by atoms with van der Waals surface area (Å²) in [4.78, 5) is 14.8. The highest BCUT2D eigenvalue weighted by Crippen LogP contribution is 2.11. The number of anilines is 1. The van der Waals surface area contributed by atoms with Gasteiger partial charge in [-0.15, -0.1) is 5.10 Å². The molecule has 0 saturated carbocycles. The van der Waals surface area contributed by atoms with E-state index in [9.17, 15) is 9.18 Å². The number of halogens is 1. The molecule has 2 heterocycles. The molecule has 0 amide bonds. The topological polar surface area (TPSA) is 82.5 Å². The summed E-state index contributed by atoms with van der Waals surface area (Å²) < 4.78 is 18.9. The molecule has 2 aromatic rings. The first kappa shape index (κ1) is 9.38. The number of nitrogens with two attached hydrogens (primary N) is 1. The van der Waals surface area contributed by atoms with Crippen LogP contribution in [0.4, 0.5) is 10.3 Å². The van der Waals surface area contributed by atoms with Crippen molar-refractivity contribution in [3.05, 3.63) is 23.6 Å². The lowest BCUT2D eigenvalue weighted by Crippen LogP contribution is -2.05. The van der Waals surface area contributed by atoms with Gasteiger partial charge in [0.2, 0.25) is 5.95 Å². The molecule has 0 unspecified atom stereocenters. The van der Waals surface area contributed by atoms with Gasteiger partial charge in [0.1, 0.15) is 0 Å². The summed E-state index contributed by atoms with van der Waals surface area (Å²) in [5.74, 6) is -1.39. The van der Waals surface area contributed by atoms with Crippen LogP contribution in [0.1, 0.15) is 10.4 Å². The summed E-state index contributed by atoms with van der Waals surface area (Å²) in [6.07, 6.45) is 1.30. The zero-order valence-electron chi connectivity index (χ0n) is 7.77. The molecule has 0 radical (unpaired) electrons. The molecule has 0 saturated heterocycles. The second-order valence-electron chi connectivity index (χ2n) is 2.81. The van der Waals surface area contributed by atoms with E-state index in [1.807, 2.05) is 0 Å². The summed E-state index contributed by atoms with van der Waals surface area (Å²) >= 11 is 0. The third-order valence-corrected chi connectivity index (χ3v) is 1.83. The van der Waals surface area contributed by atoms with Crippen LogP contribution in [0.5, 0.6) is 0 Å². The van der Waals surface area contributed by atoms with E-state index < -0.39 is 11.8 Å². The van der Waals surface area contributed by atoms with E-state index in [0.29, 0.717) is 0 Å². The first-order chi connectivity index (χ1) is 7.11. The van der Waals surface area contributed by atoms with Crippen molar-refractivity contribution in [1.82, 2.24) is 14.6 Å². The third kappa shape index (κ3) is 1.47. The highest BCUT2D eigenvalue weighted by molar-refractivity contribution is 5.89. The molecule has 2 aromatic heterocycles. The van der Waals surface area contributed by atoms with Gasteiger partial charge in [-0.1, -0.05) is 0 Å². The predicted octanol–water partition coefficient (Wildman–Crippen LogP) is 0.237. The first-order valence-electron chi connectivity index (χ1n) is 4.01. The fourth-order valence-corrected chi connectivity index (χ4v) is 1.19. The lowest BCUT2D eigenvalue weighted by Gasteiger charge is -1.99. The zero-order valence-corrected chi connectivity index (χ0v) is 7.77. The van der Waals surface area contributed by atoms with Gasteiger partial charge in [0.15, 0.2) is 11.5 Å². The maximum atomic E-state index is 13.4. The number of esters is 1. The summed E-state index contributed by atoms with van der Waals surface area (Å²) in [5.41, 5.74) is 5.31. The van der Waals surface area contributed by atoms with Crippen LogP contribution in [0.15, 0.2) is 12.3 Å². The van der Waals surface area contributed by atoms with Crippen molar-refractivity contribution in [2.45, 2.75) is 0 Å². The maximum absolute atomic E-state index is 13.4. The Labute approximate surface area is 83.5 Å². The summed E-state index contributed by atoms with van der Waals surface area (Å²) in [7, 11) is 1.21. The van der Waals surface area contributed by atoms with Crippen LogP contribution in [-0.4, -0.2) is 27.7 Å². The van der Waals surface area contributed by atoms with Gasteiger partial charge in [-0.25, -0.2) is 13.7 Å². The molecule has 0 spiro atoms. The maximum Gasteiger partial charge on any atom is 0.339 e. The summed E-state index contributed by atoms with van der Waals surface area (Å²) in [5, 5.41) is 3.69. The SMILES string of the molecule is COC(=O)c1cc(F)c2nc(N)nn2c1. The Balaban J connectivity index is 2.66. The lowest BCUT2D eigenvalue weighted by molar-refractivity contribution is 0.0599. The molecule has 15 heavy (non-hydrogen) atoms. The fourth-order valence-electron chi connectivity index (χ4n) is 1.19. The first-order valence-corrected chi connectivity index (χ1v) is 4.01. The van der Waals surface area contributed by atoms with Crippen molar-refractivity contribution in [3.63, 3.8) is 0 Å². The Kier molecular flexibility index (Phi) is 2.00. The number of methoxy groups -OCH3 is 1. The van der Waals surface area contributed by atoms with E-state index in [4.69, 9.17) is 5.73 Å². The number of nitrogens with zero attached hydrogens (tertiary/aromatic N) is 3. The van der Waals surface area contributed by atoms with E-state index in [2.05, 4.69) is 14.8 Å². The van der Waals surface area contributed by atoms with E-state index in [0.717, 1.165) is 10.6 Å². The molecule has 0 bridgehead atoms. The smallest absolute Gasteiger partial charge is 0.339 e. The Bertz CT molecular complexity index is 537. The molecule has 2 rings (SSSR count). The minimum Gasteiger partial charge on any atom is -0.465 e. The Morgan fingerprint density at radius 1 is 1.67 bits per heavy atom. The molecule has 6 nitrogen and oxygen atoms in total. The van der Waals surface area contributed by atoms with Crippen LogP contribution in [0.25, 0.3) is 5.65 Å². The lowest BCUT2D eigenvalue weighted by atomic mass is 10.3. The van der Waals surface area contributed by atoms with Crippen LogP contribution >= 0.6 is 0 Å². The van der Waals surface area contributed by atoms with Gasteiger partial charge in [-0.2, -0.15) is 4.98 Å². The molecular formula is C8H7FN4O2. The number of carbonyl (C=O) groups excluding carboxylic acids is 1. The van der Waals surface area contributed by atoms with Crippen molar-refractivity contribution >= 4 is 17.6 Å². The molecule has 0 atom stereocenters. The Morgan fingerprint density at radius 2 is 2.40 bits per heavy atom. The van der Waals surface area contributed by atoms with Gasteiger partial charge in [-0.05, 0) is 6.07 Å². The number of hydrogen-bond acceptors (Lipinski definition) is 5. The summed E-state index contributed by atoms with van der Waals surface area (Å²) in [6.45, 7) is 0. The van der Waals surface area contributed by atoms with Crippen LogP contribution in [0.3, 0.4) is 0 Å². The van der Waals surface area contributed by atoms with E-state index in [1.54, 1.807) is 0 Å². The fraction of sp³-hybridized carbons (Fsp3) is 0.125. The number of fused-ring (bicyclic) bond motifs is 1. The van der Waals surface area contributed by atoms with Crippen molar-refractivity contribution in [3.8, 4) is 0 Å². The van der Waals surface area contributed by atoms with Gasteiger partial charge in [-0.3, -0.25) is 0 Å². The largest absolute Gasteiger partial charge is 0.465 e. The highest BCUT2D eigenvalue weighted by Gasteiger charge is 2.13. The molecule has 0 aliphatic heterocycles. The number of ether oxygens (including phenoxy) is 1. The highest BCUT2D eigenvalue weighted by atomic mass is 19.1. The van der Waals surface area contributed by atoms with Crippen molar-refractivity contribution in [2.24, 2.45) is 0 Å². The van der Waals surface area contributed by atoms with E-state index in [-0.39, 0.29) is 17.2 Å². The standard InChI is InChI=1S/C8H7FN4O2/c1-15-7(14)4-2-5(9)6-11-8(10)12-13(6)3-4/h2-3H,1H3,(H2,10,12). The second-order valence-corrected chi connectivity index (χ2v) is 2.81. The van der Waals surface area contributed by atoms with E-state index in [1.165, 1.54) is 13.3 Å². The van der Waals surface area contributed by atoms with Crippen LogP contribution < -0.4 is 5.73 Å². The van der Waals surface area contributed by atoms with Crippen LogP contribution in [0.2, 0.25) is 0 Å². The summed E-state index contributed by atoms with van der Waals surface area (Å²) in [6, 6.07) is 1.02. The Hall–Kier alpha value is -2.18. The molecular weight excluding hydrogens is 203 g/mol. The van der Waals surface area contributed by atoms with Crippen LogP contribution in [-0.2, 0) is 4.74 Å². The van der Waals surface area contributed by atoms with Crippen molar-refractivity contribution < 1.29 is 13.9 Å². The van der Waals surface area contributed by atoms with Gasteiger partial charge in [0.25, 0.3) is 0 Å². The minimum absolute atomic E-state index is 0.0276. The normalized spacial score (nSPS) is 10.5. The third-order valence-electron chi connectivity index (χ3n) is 1.83. The van der Waals surface area contributed by atoms with Gasteiger partial charge in [0.05, 0.1) is 12.7 Å². The average molecular weight is 210 g/mol. The number of carbonyl (C=O) groups is 1. The number of nitrogen functional groups attached to an aromatic ring is 1.